The highest BCUT2D eigenvalue weighted by molar-refractivity contribution is 5.62. The number of pyridine rings is 1. The van der Waals surface area contributed by atoms with Gasteiger partial charge in [0.25, 0.3) is 0 Å². The molecule has 0 aliphatic heterocycles. The fourth-order valence-electron chi connectivity index (χ4n) is 2.26. The molecule has 0 atom stereocenters. The van der Waals surface area contributed by atoms with Gasteiger partial charge in [-0.25, -0.2) is 19.3 Å². The van der Waals surface area contributed by atoms with Crippen molar-refractivity contribution in [3.05, 3.63) is 65.7 Å². The molecule has 0 unspecified atom stereocenters. The minimum atomic E-state index is -0.296. The quantitative estimate of drug-likeness (QED) is 0.712. The van der Waals surface area contributed by atoms with Gasteiger partial charge in [0.2, 0.25) is 0 Å². The van der Waals surface area contributed by atoms with Crippen molar-refractivity contribution in [2.24, 2.45) is 0 Å². The van der Waals surface area contributed by atoms with Gasteiger partial charge in [0, 0.05) is 17.5 Å². The fourth-order valence-corrected chi connectivity index (χ4v) is 2.26. The summed E-state index contributed by atoms with van der Waals surface area (Å²) in [6.07, 6.45) is 1.63. The lowest BCUT2D eigenvalue weighted by molar-refractivity contribution is 0.630. The first-order valence-corrected chi connectivity index (χ1v) is 6.67. The van der Waals surface area contributed by atoms with Crippen LogP contribution in [-0.4, -0.2) is 15.0 Å². The third-order valence-electron chi connectivity index (χ3n) is 3.13. The SMILES string of the molecule is Cc1cc(C)nc(-c2nccc(-c3ccccc3F)n2)c1. The van der Waals surface area contributed by atoms with E-state index in [0.29, 0.717) is 22.8 Å². The first-order chi connectivity index (χ1) is 10.1. The highest BCUT2D eigenvalue weighted by atomic mass is 19.1. The van der Waals surface area contributed by atoms with E-state index in [2.05, 4.69) is 15.0 Å². The lowest BCUT2D eigenvalue weighted by Gasteiger charge is -2.06. The summed E-state index contributed by atoms with van der Waals surface area (Å²) in [4.78, 5) is 13.1. The van der Waals surface area contributed by atoms with Crippen molar-refractivity contribution >= 4 is 0 Å². The lowest BCUT2D eigenvalue weighted by atomic mass is 10.1. The third-order valence-corrected chi connectivity index (χ3v) is 3.13. The first kappa shape index (κ1) is 13.4. The zero-order chi connectivity index (χ0) is 14.8. The fraction of sp³-hybridized carbons (Fsp3) is 0.118. The largest absolute Gasteiger partial charge is 0.250 e. The van der Waals surface area contributed by atoms with Crippen LogP contribution < -0.4 is 0 Å². The smallest absolute Gasteiger partial charge is 0.178 e. The van der Waals surface area contributed by atoms with Crippen LogP contribution in [0.2, 0.25) is 0 Å². The number of halogens is 1. The zero-order valence-corrected chi connectivity index (χ0v) is 11.8. The molecule has 0 aliphatic carbocycles. The molecule has 3 rings (SSSR count). The monoisotopic (exact) mass is 279 g/mol. The van der Waals surface area contributed by atoms with Gasteiger partial charge < -0.3 is 0 Å². The average molecular weight is 279 g/mol. The van der Waals surface area contributed by atoms with Gasteiger partial charge in [-0.05, 0) is 49.7 Å². The number of hydrogen-bond donors (Lipinski definition) is 0. The Hall–Kier alpha value is -2.62. The molecule has 0 fully saturated rings. The molecule has 0 aliphatic rings. The van der Waals surface area contributed by atoms with E-state index in [9.17, 15) is 4.39 Å². The number of rotatable bonds is 2. The lowest BCUT2D eigenvalue weighted by Crippen LogP contribution is -1.96. The van der Waals surface area contributed by atoms with E-state index in [-0.39, 0.29) is 5.82 Å². The van der Waals surface area contributed by atoms with Crippen molar-refractivity contribution in [1.29, 1.82) is 0 Å². The minimum Gasteiger partial charge on any atom is -0.250 e. The van der Waals surface area contributed by atoms with Crippen LogP contribution >= 0.6 is 0 Å². The Kier molecular flexibility index (Phi) is 3.44. The number of nitrogens with zero attached hydrogens (tertiary/aromatic N) is 3. The molecule has 0 saturated carbocycles. The van der Waals surface area contributed by atoms with Crippen LogP contribution in [0, 0.1) is 19.7 Å². The molecule has 0 spiro atoms. The molecular formula is C17H14FN3. The van der Waals surface area contributed by atoms with E-state index in [1.807, 2.05) is 26.0 Å². The van der Waals surface area contributed by atoms with Crippen molar-refractivity contribution in [1.82, 2.24) is 15.0 Å². The first-order valence-electron chi connectivity index (χ1n) is 6.67. The summed E-state index contributed by atoms with van der Waals surface area (Å²) in [5, 5.41) is 0. The highest BCUT2D eigenvalue weighted by Gasteiger charge is 2.09. The van der Waals surface area contributed by atoms with E-state index in [1.165, 1.54) is 6.07 Å². The van der Waals surface area contributed by atoms with Crippen LogP contribution in [0.15, 0.2) is 48.7 Å². The Morgan fingerprint density at radius 1 is 0.905 bits per heavy atom. The Morgan fingerprint density at radius 2 is 1.71 bits per heavy atom. The van der Waals surface area contributed by atoms with Crippen molar-refractivity contribution < 1.29 is 4.39 Å². The standard InChI is InChI=1S/C17H14FN3/c1-11-9-12(2)20-16(10-11)17-19-8-7-15(21-17)13-5-3-4-6-14(13)18/h3-10H,1-2H3. The maximum Gasteiger partial charge on any atom is 0.178 e. The Labute approximate surface area is 122 Å². The molecule has 3 aromatic rings. The van der Waals surface area contributed by atoms with E-state index in [1.54, 1.807) is 30.5 Å². The van der Waals surface area contributed by atoms with Crippen molar-refractivity contribution in [2.45, 2.75) is 13.8 Å². The second-order valence-electron chi connectivity index (χ2n) is 4.92. The van der Waals surface area contributed by atoms with Crippen LogP contribution in [0.25, 0.3) is 22.8 Å². The maximum absolute atomic E-state index is 13.9. The molecule has 0 radical (unpaired) electrons. The van der Waals surface area contributed by atoms with Crippen LogP contribution in [0.5, 0.6) is 0 Å². The van der Waals surface area contributed by atoms with Gasteiger partial charge in [-0.3, -0.25) is 0 Å². The molecule has 21 heavy (non-hydrogen) atoms. The highest BCUT2D eigenvalue weighted by Crippen LogP contribution is 2.22. The second kappa shape index (κ2) is 5.40. The third kappa shape index (κ3) is 2.79. The summed E-state index contributed by atoms with van der Waals surface area (Å²) < 4.78 is 13.9. The molecule has 2 aromatic heterocycles. The van der Waals surface area contributed by atoms with Gasteiger partial charge >= 0.3 is 0 Å². The molecule has 104 valence electrons. The van der Waals surface area contributed by atoms with E-state index in [0.717, 1.165) is 11.3 Å². The van der Waals surface area contributed by atoms with Gasteiger partial charge in [-0.2, -0.15) is 0 Å². The predicted octanol–water partition coefficient (Wildman–Crippen LogP) is 3.96. The molecule has 0 N–H and O–H groups in total. The molecule has 3 nitrogen and oxygen atoms in total. The number of aryl methyl sites for hydroxylation is 2. The maximum atomic E-state index is 13.9. The summed E-state index contributed by atoms with van der Waals surface area (Å²) >= 11 is 0. The van der Waals surface area contributed by atoms with Crippen molar-refractivity contribution in [2.75, 3.05) is 0 Å². The summed E-state index contributed by atoms with van der Waals surface area (Å²) in [5.74, 6) is 0.207. The average Bonchev–Trinajstić information content (AvgIpc) is 2.47. The number of hydrogen-bond acceptors (Lipinski definition) is 3. The van der Waals surface area contributed by atoms with Gasteiger partial charge in [0.15, 0.2) is 5.82 Å². The molecule has 1 aromatic carbocycles. The molecule has 2 heterocycles. The van der Waals surface area contributed by atoms with Crippen molar-refractivity contribution in [3.8, 4) is 22.8 Å². The summed E-state index contributed by atoms with van der Waals surface area (Å²) in [5.41, 5.74) is 3.72. The minimum absolute atomic E-state index is 0.296. The summed E-state index contributed by atoms with van der Waals surface area (Å²) in [7, 11) is 0. The Morgan fingerprint density at radius 3 is 2.48 bits per heavy atom. The zero-order valence-electron chi connectivity index (χ0n) is 11.8. The van der Waals surface area contributed by atoms with Crippen LogP contribution in [-0.2, 0) is 0 Å². The summed E-state index contributed by atoms with van der Waals surface area (Å²) in [6, 6.07) is 12.2. The molecule has 0 bridgehead atoms. The molecule has 0 saturated heterocycles. The normalized spacial score (nSPS) is 10.6. The Bertz CT molecular complexity index is 779. The Balaban J connectivity index is 2.10. The molecule has 4 heteroatoms. The number of aromatic nitrogens is 3. The van der Waals surface area contributed by atoms with Gasteiger partial charge in [-0.1, -0.05) is 12.1 Å². The van der Waals surface area contributed by atoms with Gasteiger partial charge in [-0.15, -0.1) is 0 Å². The van der Waals surface area contributed by atoms with Gasteiger partial charge in [0.1, 0.15) is 11.5 Å². The van der Waals surface area contributed by atoms with Gasteiger partial charge in [0.05, 0.1) is 5.69 Å². The van der Waals surface area contributed by atoms with E-state index < -0.39 is 0 Å². The molecule has 0 amide bonds. The van der Waals surface area contributed by atoms with E-state index >= 15 is 0 Å². The van der Waals surface area contributed by atoms with E-state index in [4.69, 9.17) is 0 Å². The molecular weight excluding hydrogens is 265 g/mol. The van der Waals surface area contributed by atoms with Crippen LogP contribution in [0.4, 0.5) is 4.39 Å². The second-order valence-corrected chi connectivity index (χ2v) is 4.92. The van der Waals surface area contributed by atoms with Crippen LogP contribution in [0.1, 0.15) is 11.3 Å². The van der Waals surface area contributed by atoms with Crippen LogP contribution in [0.3, 0.4) is 0 Å². The summed E-state index contributed by atoms with van der Waals surface area (Å²) in [6.45, 7) is 3.93. The van der Waals surface area contributed by atoms with Crippen molar-refractivity contribution in [3.63, 3.8) is 0 Å². The predicted molar refractivity (Wildman–Crippen MR) is 80.1 cm³/mol. The number of benzene rings is 1. The topological polar surface area (TPSA) is 38.7 Å².